The van der Waals surface area contributed by atoms with E-state index < -0.39 is 8.32 Å². The summed E-state index contributed by atoms with van der Waals surface area (Å²) in [4.78, 5) is 40.0. The Bertz CT molecular complexity index is 1710. The van der Waals surface area contributed by atoms with Crippen molar-refractivity contribution in [3.8, 4) is 11.3 Å². The van der Waals surface area contributed by atoms with E-state index in [0.29, 0.717) is 18.7 Å². The number of aldehydes is 1. The molecule has 1 aliphatic heterocycles. The van der Waals surface area contributed by atoms with Gasteiger partial charge in [0.2, 0.25) is 0 Å². The first-order chi connectivity index (χ1) is 21.5. The Morgan fingerprint density at radius 3 is 2.58 bits per heavy atom. The number of aromatic nitrogens is 4. The number of fused-ring (bicyclic) bond motifs is 3. The van der Waals surface area contributed by atoms with E-state index in [4.69, 9.17) is 14.4 Å². The third-order valence-electron chi connectivity index (χ3n) is 9.92. The lowest BCUT2D eigenvalue weighted by atomic mass is 9.89. The number of hydrogen-bond donors (Lipinski definition) is 0. The Hall–Kier alpha value is -3.89. The van der Waals surface area contributed by atoms with Gasteiger partial charge in [0.1, 0.15) is 6.29 Å². The highest BCUT2D eigenvalue weighted by atomic mass is 28.4. The maximum atomic E-state index is 14.5. The van der Waals surface area contributed by atoms with Gasteiger partial charge in [0.25, 0.3) is 5.91 Å². The minimum Gasteiger partial charge on any atom is -0.412 e. The van der Waals surface area contributed by atoms with Crippen LogP contribution in [-0.4, -0.2) is 70.5 Å². The van der Waals surface area contributed by atoms with Crippen LogP contribution in [0.3, 0.4) is 0 Å². The van der Waals surface area contributed by atoms with E-state index in [9.17, 15) is 9.59 Å². The Morgan fingerprint density at radius 2 is 1.89 bits per heavy atom. The molecule has 2 atom stereocenters. The zero-order valence-corrected chi connectivity index (χ0v) is 28.3. The Balaban J connectivity index is 1.38. The third-order valence-corrected chi connectivity index (χ3v) is 14.4. The van der Waals surface area contributed by atoms with Gasteiger partial charge in [-0.1, -0.05) is 45.7 Å². The van der Waals surface area contributed by atoms with Crippen LogP contribution in [0.5, 0.6) is 0 Å². The van der Waals surface area contributed by atoms with E-state index in [1.54, 1.807) is 17.1 Å². The molecule has 3 aromatic heterocycles. The third kappa shape index (κ3) is 6.05. The number of benzene rings is 1. The van der Waals surface area contributed by atoms with Crippen molar-refractivity contribution in [2.45, 2.75) is 83.2 Å². The van der Waals surface area contributed by atoms with Crippen LogP contribution >= 0.6 is 0 Å². The lowest BCUT2D eigenvalue weighted by Gasteiger charge is -2.48. The maximum Gasteiger partial charge on any atom is 0.257 e. The number of hydrogen-bond acceptors (Lipinski definition) is 7. The van der Waals surface area contributed by atoms with Gasteiger partial charge >= 0.3 is 0 Å². The second-order valence-electron chi connectivity index (χ2n) is 14.0. The molecule has 0 unspecified atom stereocenters. The summed E-state index contributed by atoms with van der Waals surface area (Å²) in [5, 5.41) is 5.30. The number of anilines is 1. The minimum absolute atomic E-state index is 0.0123. The lowest BCUT2D eigenvalue weighted by Crippen LogP contribution is -2.58. The highest BCUT2D eigenvalue weighted by Gasteiger charge is 2.45. The summed E-state index contributed by atoms with van der Waals surface area (Å²) >= 11 is 0. The first kappa shape index (κ1) is 31.1. The summed E-state index contributed by atoms with van der Waals surface area (Å²) < 4.78 is 8.75. The van der Waals surface area contributed by atoms with E-state index in [0.717, 1.165) is 70.9 Å². The molecular weight excluding hydrogens is 581 g/mol. The predicted octanol–water partition coefficient (Wildman–Crippen LogP) is 6.37. The van der Waals surface area contributed by atoms with E-state index in [1.165, 1.54) is 0 Å². The number of carbonyl (C=O) groups is 2. The molecule has 0 bridgehead atoms. The number of pyridine rings is 2. The molecular formula is C35H44N6O3Si. The van der Waals surface area contributed by atoms with Crippen molar-refractivity contribution in [1.82, 2.24) is 24.6 Å². The van der Waals surface area contributed by atoms with Crippen LogP contribution in [0.2, 0.25) is 18.1 Å². The Morgan fingerprint density at radius 1 is 1.09 bits per heavy atom. The number of nitrogens with zero attached hydrogens (tertiary/aromatic N) is 6. The van der Waals surface area contributed by atoms with E-state index in [1.807, 2.05) is 47.4 Å². The SMILES string of the molecule is Cn1cc(-c2ccc(Cc3cc4c(c5ncccc35)N(CC=O)CN([C@H]3CCCC[C@@H]3O[Si](C)(C)C(C)(C)C)C4=O)cn2)cn1. The first-order valence-electron chi connectivity index (χ1n) is 16.0. The predicted molar refractivity (Wildman–Crippen MR) is 180 cm³/mol. The molecule has 2 aliphatic rings. The van der Waals surface area contributed by atoms with Crippen molar-refractivity contribution in [3.63, 3.8) is 0 Å². The van der Waals surface area contributed by atoms with Crippen molar-refractivity contribution >= 4 is 37.1 Å². The summed E-state index contributed by atoms with van der Waals surface area (Å²) in [6.45, 7) is 11.9. The zero-order valence-electron chi connectivity index (χ0n) is 27.3. The fraction of sp³-hybridized carbons (Fsp3) is 0.457. The van der Waals surface area contributed by atoms with Crippen molar-refractivity contribution in [1.29, 1.82) is 0 Å². The maximum absolute atomic E-state index is 14.5. The number of rotatable bonds is 8. The first-order valence-corrected chi connectivity index (χ1v) is 18.9. The van der Waals surface area contributed by atoms with Crippen LogP contribution in [0.15, 0.2) is 55.1 Å². The fourth-order valence-electron chi connectivity index (χ4n) is 6.50. The van der Waals surface area contributed by atoms with E-state index in [-0.39, 0.29) is 29.6 Å². The van der Waals surface area contributed by atoms with Gasteiger partial charge in [0.05, 0.1) is 54.0 Å². The molecule has 0 N–H and O–H groups in total. The topological polar surface area (TPSA) is 93.5 Å². The van der Waals surface area contributed by atoms with Gasteiger partial charge in [0, 0.05) is 36.6 Å². The fourth-order valence-corrected chi connectivity index (χ4v) is 7.88. The molecule has 0 saturated heterocycles. The van der Waals surface area contributed by atoms with Gasteiger partial charge in [-0.05, 0) is 66.7 Å². The van der Waals surface area contributed by atoms with Crippen molar-refractivity contribution in [3.05, 3.63) is 71.8 Å². The second kappa shape index (κ2) is 12.1. The molecule has 10 heteroatoms. The summed E-state index contributed by atoms with van der Waals surface area (Å²) in [5.74, 6) is -0.0123. The summed E-state index contributed by atoms with van der Waals surface area (Å²) in [7, 11) is -0.175. The van der Waals surface area contributed by atoms with Gasteiger partial charge < -0.3 is 19.0 Å². The number of amides is 1. The largest absolute Gasteiger partial charge is 0.412 e. The van der Waals surface area contributed by atoms with E-state index in [2.05, 4.69) is 51.1 Å². The molecule has 236 valence electrons. The molecule has 9 nitrogen and oxygen atoms in total. The average molecular weight is 625 g/mol. The average Bonchev–Trinajstić information content (AvgIpc) is 3.45. The molecule has 1 amide bonds. The highest BCUT2D eigenvalue weighted by Crippen LogP contribution is 2.42. The van der Waals surface area contributed by atoms with Crippen LogP contribution in [0.1, 0.15) is 67.9 Å². The molecule has 1 fully saturated rings. The second-order valence-corrected chi connectivity index (χ2v) is 18.8. The molecule has 1 saturated carbocycles. The number of aryl methyl sites for hydroxylation is 1. The van der Waals surface area contributed by atoms with Gasteiger partial charge in [-0.15, -0.1) is 0 Å². The summed E-state index contributed by atoms with van der Waals surface area (Å²) in [6.07, 6.45) is 12.9. The van der Waals surface area contributed by atoms with Crippen LogP contribution in [0.25, 0.3) is 22.2 Å². The van der Waals surface area contributed by atoms with Crippen LogP contribution in [0, 0.1) is 0 Å². The van der Waals surface area contributed by atoms with Crippen LogP contribution < -0.4 is 4.90 Å². The molecule has 1 aliphatic carbocycles. The zero-order chi connectivity index (χ0) is 31.9. The van der Waals surface area contributed by atoms with Crippen LogP contribution in [-0.2, 0) is 22.7 Å². The standard InChI is InChI=1S/C35H44N6O3Si/c1-35(2,3)45(5,6)44-31-12-8-7-11-30(31)41-23-40(16-17-42)33-28(34(41)43)19-25(27-10-9-15-36-32(27)33)18-24-13-14-29(37-20-24)26-21-38-39(4)22-26/h9-10,13-15,17,19-22,30-31H,7-8,11-12,16,18,23H2,1-6H3/t30-,31-/m0/s1. The smallest absolute Gasteiger partial charge is 0.257 e. The van der Waals surface area contributed by atoms with Crippen molar-refractivity contribution < 1.29 is 14.0 Å². The monoisotopic (exact) mass is 624 g/mol. The van der Waals surface area contributed by atoms with Gasteiger partial charge in [-0.3, -0.25) is 19.4 Å². The van der Waals surface area contributed by atoms with Crippen LogP contribution in [0.4, 0.5) is 5.69 Å². The molecule has 6 rings (SSSR count). The quantitative estimate of drug-likeness (QED) is 0.166. The summed E-state index contributed by atoms with van der Waals surface area (Å²) in [6, 6.07) is 10.0. The lowest BCUT2D eigenvalue weighted by molar-refractivity contribution is -0.106. The molecule has 4 heterocycles. The minimum atomic E-state index is -2.07. The van der Waals surface area contributed by atoms with E-state index >= 15 is 0 Å². The van der Waals surface area contributed by atoms with Crippen molar-refractivity contribution in [2.75, 3.05) is 18.1 Å². The molecule has 1 aromatic carbocycles. The molecule has 45 heavy (non-hydrogen) atoms. The normalized spacial score (nSPS) is 19.2. The molecule has 0 spiro atoms. The van der Waals surface area contributed by atoms with Gasteiger partial charge in [0.15, 0.2) is 8.32 Å². The van der Waals surface area contributed by atoms with Crippen molar-refractivity contribution in [2.24, 2.45) is 7.05 Å². The number of carbonyl (C=O) groups excluding carboxylic acids is 2. The Kier molecular flexibility index (Phi) is 8.39. The Labute approximate surface area is 266 Å². The highest BCUT2D eigenvalue weighted by molar-refractivity contribution is 6.74. The van der Waals surface area contributed by atoms with Gasteiger partial charge in [-0.25, -0.2) is 0 Å². The summed E-state index contributed by atoms with van der Waals surface area (Å²) in [5.41, 5.74) is 5.95. The molecule has 4 aromatic rings. The molecule has 0 radical (unpaired) electrons. The van der Waals surface area contributed by atoms with Gasteiger partial charge in [-0.2, -0.15) is 5.10 Å².